The number of hydrogen-bond donors (Lipinski definition) is 0. The lowest BCUT2D eigenvalue weighted by Crippen LogP contribution is -2.46. The first-order chi connectivity index (χ1) is 8.26. The Bertz CT molecular complexity index is 389. The average Bonchev–Trinajstić information content (AvgIpc) is 2.86. The van der Waals surface area contributed by atoms with Crippen molar-refractivity contribution >= 4 is 5.78 Å². The molecule has 1 fully saturated rings. The minimum absolute atomic E-state index is 0.00463. The van der Waals surface area contributed by atoms with E-state index in [0.29, 0.717) is 19.0 Å². The van der Waals surface area contributed by atoms with Crippen molar-refractivity contribution in [2.45, 2.75) is 26.5 Å². The third-order valence-electron chi connectivity index (χ3n) is 3.17. The topological polar surface area (TPSA) is 47.4 Å². The van der Waals surface area contributed by atoms with Crippen molar-refractivity contribution < 1.29 is 9.53 Å². The van der Waals surface area contributed by atoms with Crippen LogP contribution >= 0.6 is 0 Å². The number of morpholine rings is 1. The van der Waals surface area contributed by atoms with E-state index in [1.165, 1.54) is 0 Å². The predicted molar refractivity (Wildman–Crippen MR) is 64.1 cm³/mol. The van der Waals surface area contributed by atoms with Gasteiger partial charge in [0.1, 0.15) is 6.10 Å². The molecule has 0 N–H and O–H groups in total. The summed E-state index contributed by atoms with van der Waals surface area (Å²) in [7, 11) is 0. The molecule has 1 unspecified atom stereocenters. The second-order valence-corrected chi connectivity index (χ2v) is 4.15. The SMILES string of the molecule is CCN1CCOC(C(=O)c2nccn2CC)C1. The van der Waals surface area contributed by atoms with E-state index in [1.807, 2.05) is 17.7 Å². The van der Waals surface area contributed by atoms with Gasteiger partial charge in [0.15, 0.2) is 5.82 Å². The Morgan fingerprint density at radius 2 is 2.35 bits per heavy atom. The van der Waals surface area contributed by atoms with Crippen LogP contribution in [0.2, 0.25) is 0 Å². The summed E-state index contributed by atoms with van der Waals surface area (Å²) in [6.45, 7) is 8.00. The summed E-state index contributed by atoms with van der Waals surface area (Å²) in [5.41, 5.74) is 0. The molecule has 0 aromatic carbocycles. The smallest absolute Gasteiger partial charge is 0.228 e. The van der Waals surface area contributed by atoms with Crippen LogP contribution in [0.4, 0.5) is 0 Å². The fraction of sp³-hybridized carbons (Fsp3) is 0.667. The number of carbonyl (C=O) groups is 1. The minimum atomic E-state index is -0.364. The van der Waals surface area contributed by atoms with Gasteiger partial charge in [-0.3, -0.25) is 9.69 Å². The molecule has 0 amide bonds. The van der Waals surface area contributed by atoms with Crippen molar-refractivity contribution in [1.82, 2.24) is 14.5 Å². The van der Waals surface area contributed by atoms with E-state index in [1.54, 1.807) is 6.20 Å². The quantitative estimate of drug-likeness (QED) is 0.727. The monoisotopic (exact) mass is 237 g/mol. The number of hydrogen-bond acceptors (Lipinski definition) is 4. The summed E-state index contributed by atoms with van der Waals surface area (Å²) in [5, 5.41) is 0. The van der Waals surface area contributed by atoms with Gasteiger partial charge in [-0.05, 0) is 13.5 Å². The zero-order chi connectivity index (χ0) is 12.3. The van der Waals surface area contributed by atoms with Gasteiger partial charge in [-0.2, -0.15) is 0 Å². The van der Waals surface area contributed by atoms with Crippen LogP contribution in [0.5, 0.6) is 0 Å². The molecular weight excluding hydrogens is 218 g/mol. The number of carbonyl (C=O) groups excluding carboxylic acids is 1. The third-order valence-corrected chi connectivity index (χ3v) is 3.17. The molecule has 0 saturated carbocycles. The highest BCUT2D eigenvalue weighted by Gasteiger charge is 2.29. The van der Waals surface area contributed by atoms with Gasteiger partial charge in [-0.15, -0.1) is 0 Å². The van der Waals surface area contributed by atoms with Gasteiger partial charge in [-0.1, -0.05) is 6.92 Å². The van der Waals surface area contributed by atoms with Gasteiger partial charge in [0.25, 0.3) is 0 Å². The first-order valence-electron chi connectivity index (χ1n) is 6.15. The van der Waals surface area contributed by atoms with E-state index in [2.05, 4.69) is 16.8 Å². The van der Waals surface area contributed by atoms with Crippen LogP contribution in [-0.4, -0.2) is 52.6 Å². The summed E-state index contributed by atoms with van der Waals surface area (Å²) in [4.78, 5) is 18.6. The molecule has 2 heterocycles. The molecule has 1 atom stereocenters. The molecule has 1 aromatic heterocycles. The maximum atomic E-state index is 12.3. The number of likely N-dealkylation sites (N-methyl/N-ethyl adjacent to an activating group) is 1. The molecule has 0 radical (unpaired) electrons. The van der Waals surface area contributed by atoms with Crippen molar-refractivity contribution in [2.75, 3.05) is 26.2 Å². The minimum Gasteiger partial charge on any atom is -0.367 e. The Balaban J connectivity index is 2.09. The molecule has 17 heavy (non-hydrogen) atoms. The summed E-state index contributed by atoms with van der Waals surface area (Å²) in [6.07, 6.45) is 3.13. The van der Waals surface area contributed by atoms with Gasteiger partial charge in [0.2, 0.25) is 5.78 Å². The number of nitrogens with zero attached hydrogens (tertiary/aromatic N) is 3. The maximum Gasteiger partial charge on any atom is 0.228 e. The Morgan fingerprint density at radius 1 is 1.53 bits per heavy atom. The van der Waals surface area contributed by atoms with Crippen molar-refractivity contribution in [2.24, 2.45) is 0 Å². The van der Waals surface area contributed by atoms with Crippen LogP contribution in [0.3, 0.4) is 0 Å². The fourth-order valence-electron chi connectivity index (χ4n) is 2.08. The number of imidazole rings is 1. The molecule has 1 aliphatic heterocycles. The van der Waals surface area contributed by atoms with E-state index < -0.39 is 0 Å². The molecule has 5 heteroatoms. The first-order valence-corrected chi connectivity index (χ1v) is 6.15. The van der Waals surface area contributed by atoms with E-state index in [0.717, 1.165) is 19.6 Å². The maximum absolute atomic E-state index is 12.3. The normalized spacial score (nSPS) is 21.6. The van der Waals surface area contributed by atoms with Gasteiger partial charge in [0, 0.05) is 32.0 Å². The fourth-order valence-corrected chi connectivity index (χ4v) is 2.08. The van der Waals surface area contributed by atoms with Gasteiger partial charge < -0.3 is 9.30 Å². The summed E-state index contributed by atoms with van der Waals surface area (Å²) in [6, 6.07) is 0. The number of ether oxygens (including phenoxy) is 1. The van der Waals surface area contributed by atoms with Crippen LogP contribution in [0.1, 0.15) is 24.5 Å². The van der Waals surface area contributed by atoms with Crippen LogP contribution in [0.25, 0.3) is 0 Å². The molecule has 0 aliphatic carbocycles. The Morgan fingerprint density at radius 3 is 3.06 bits per heavy atom. The number of rotatable bonds is 4. The molecule has 0 bridgehead atoms. The van der Waals surface area contributed by atoms with E-state index in [4.69, 9.17) is 4.74 Å². The highest BCUT2D eigenvalue weighted by Crippen LogP contribution is 2.11. The molecule has 94 valence electrons. The Labute approximate surface area is 101 Å². The number of Topliss-reactive ketones (excluding diaryl/α,β-unsaturated/α-hetero) is 1. The second-order valence-electron chi connectivity index (χ2n) is 4.15. The van der Waals surface area contributed by atoms with E-state index in [9.17, 15) is 4.79 Å². The van der Waals surface area contributed by atoms with Crippen LogP contribution < -0.4 is 0 Å². The summed E-state index contributed by atoms with van der Waals surface area (Å²) in [5.74, 6) is 0.505. The Hall–Kier alpha value is -1.20. The van der Waals surface area contributed by atoms with Crippen molar-refractivity contribution in [3.8, 4) is 0 Å². The van der Waals surface area contributed by atoms with Crippen LogP contribution in [-0.2, 0) is 11.3 Å². The number of aromatic nitrogens is 2. The number of ketones is 1. The van der Waals surface area contributed by atoms with Crippen LogP contribution in [0, 0.1) is 0 Å². The van der Waals surface area contributed by atoms with Gasteiger partial charge in [0.05, 0.1) is 6.61 Å². The summed E-state index contributed by atoms with van der Waals surface area (Å²) >= 11 is 0. The molecule has 5 nitrogen and oxygen atoms in total. The highest BCUT2D eigenvalue weighted by molar-refractivity contribution is 5.96. The molecule has 2 rings (SSSR count). The average molecular weight is 237 g/mol. The van der Waals surface area contributed by atoms with Gasteiger partial charge >= 0.3 is 0 Å². The van der Waals surface area contributed by atoms with E-state index >= 15 is 0 Å². The standard InChI is InChI=1S/C12H19N3O2/c1-3-14-7-8-17-10(9-14)11(16)12-13-5-6-15(12)4-2/h5-6,10H,3-4,7-9H2,1-2H3. The predicted octanol–water partition coefficient (Wildman–Crippen LogP) is 0.806. The zero-order valence-electron chi connectivity index (χ0n) is 10.4. The molecule has 0 spiro atoms. The first kappa shape index (κ1) is 12.3. The van der Waals surface area contributed by atoms with Crippen molar-refractivity contribution in [1.29, 1.82) is 0 Å². The zero-order valence-corrected chi connectivity index (χ0v) is 10.4. The largest absolute Gasteiger partial charge is 0.367 e. The van der Waals surface area contributed by atoms with Gasteiger partial charge in [-0.25, -0.2) is 4.98 Å². The number of aryl methyl sites for hydroxylation is 1. The Kier molecular flexibility index (Phi) is 3.91. The summed E-state index contributed by atoms with van der Waals surface area (Å²) < 4.78 is 7.41. The second kappa shape index (κ2) is 5.42. The lowest BCUT2D eigenvalue weighted by Gasteiger charge is -2.30. The highest BCUT2D eigenvalue weighted by atomic mass is 16.5. The van der Waals surface area contributed by atoms with Crippen LogP contribution in [0.15, 0.2) is 12.4 Å². The van der Waals surface area contributed by atoms with Crippen molar-refractivity contribution in [3.63, 3.8) is 0 Å². The lowest BCUT2D eigenvalue weighted by atomic mass is 10.1. The van der Waals surface area contributed by atoms with E-state index in [-0.39, 0.29) is 11.9 Å². The molecule has 1 aliphatic rings. The van der Waals surface area contributed by atoms with Crippen molar-refractivity contribution in [3.05, 3.63) is 18.2 Å². The molecular formula is C12H19N3O2. The lowest BCUT2D eigenvalue weighted by molar-refractivity contribution is -0.0155. The molecule has 1 aromatic rings. The molecule has 1 saturated heterocycles. The third kappa shape index (κ3) is 2.56.